The quantitative estimate of drug-likeness (QED) is 0.560. The molecule has 0 saturated heterocycles. The maximum Gasteiger partial charge on any atom is 0.0696 e. The summed E-state index contributed by atoms with van der Waals surface area (Å²) in [5, 5.41) is 1.13. The van der Waals surface area contributed by atoms with Gasteiger partial charge in [-0.15, -0.1) is 0 Å². The Balaban J connectivity index is 3.15. The Hall–Kier alpha value is -0.240. The second-order valence-electron chi connectivity index (χ2n) is 4.34. The molecule has 0 bridgehead atoms. The first kappa shape index (κ1) is 9.85. The standard InChI is InChI=1S/C10H17NS/c1-7-9(3,4)10(5,6)11-8(2)12-7/h1H2,2-6H3. The fourth-order valence-corrected chi connectivity index (χ4v) is 2.34. The monoisotopic (exact) mass is 183 g/mol. The van der Waals surface area contributed by atoms with Crippen molar-refractivity contribution in [2.75, 3.05) is 0 Å². The molecule has 0 unspecified atom stereocenters. The molecule has 68 valence electrons. The van der Waals surface area contributed by atoms with E-state index >= 15 is 0 Å². The van der Waals surface area contributed by atoms with Crippen LogP contribution >= 0.6 is 11.8 Å². The first-order chi connectivity index (χ1) is 5.27. The number of aliphatic imine (C=N–C) groups is 1. The summed E-state index contributed by atoms with van der Waals surface area (Å²) < 4.78 is 0. The van der Waals surface area contributed by atoms with Gasteiger partial charge in [-0.05, 0) is 25.7 Å². The third-order valence-electron chi connectivity index (χ3n) is 2.93. The van der Waals surface area contributed by atoms with Crippen LogP contribution in [0, 0.1) is 5.41 Å². The lowest BCUT2D eigenvalue weighted by atomic mass is 9.74. The summed E-state index contributed by atoms with van der Waals surface area (Å²) in [5.74, 6) is 0. The summed E-state index contributed by atoms with van der Waals surface area (Å²) >= 11 is 1.71. The predicted molar refractivity (Wildman–Crippen MR) is 57.7 cm³/mol. The second-order valence-corrected chi connectivity index (χ2v) is 5.63. The van der Waals surface area contributed by atoms with Gasteiger partial charge in [0, 0.05) is 5.41 Å². The maximum atomic E-state index is 4.64. The average Bonchev–Trinajstić information content (AvgIpc) is 1.82. The van der Waals surface area contributed by atoms with Crippen molar-refractivity contribution in [1.29, 1.82) is 0 Å². The van der Waals surface area contributed by atoms with Gasteiger partial charge in [-0.3, -0.25) is 4.99 Å². The van der Waals surface area contributed by atoms with E-state index in [9.17, 15) is 0 Å². The van der Waals surface area contributed by atoms with Crippen LogP contribution in [0.2, 0.25) is 0 Å². The highest BCUT2D eigenvalue weighted by molar-refractivity contribution is 8.17. The molecule has 0 aromatic heterocycles. The Labute approximate surface area is 79.3 Å². The lowest BCUT2D eigenvalue weighted by molar-refractivity contribution is 0.268. The number of rotatable bonds is 0. The molecule has 0 spiro atoms. The molecule has 1 heterocycles. The third kappa shape index (κ3) is 1.33. The zero-order chi connectivity index (χ0) is 9.57. The largest absolute Gasteiger partial charge is 0.276 e. The van der Waals surface area contributed by atoms with Gasteiger partial charge in [-0.25, -0.2) is 0 Å². The minimum absolute atomic E-state index is 0.0145. The minimum Gasteiger partial charge on any atom is -0.276 e. The summed E-state index contributed by atoms with van der Waals surface area (Å²) in [7, 11) is 0. The van der Waals surface area contributed by atoms with Gasteiger partial charge in [0.25, 0.3) is 0 Å². The van der Waals surface area contributed by atoms with E-state index in [-0.39, 0.29) is 11.0 Å². The van der Waals surface area contributed by atoms with Crippen molar-refractivity contribution in [1.82, 2.24) is 0 Å². The highest BCUT2D eigenvalue weighted by atomic mass is 32.2. The normalized spacial score (nSPS) is 26.8. The van der Waals surface area contributed by atoms with E-state index in [2.05, 4.69) is 39.3 Å². The SMILES string of the molecule is C=C1SC(C)=NC(C)(C)C1(C)C. The molecule has 0 aromatic carbocycles. The summed E-state index contributed by atoms with van der Waals surface area (Å²) in [6, 6.07) is 0. The van der Waals surface area contributed by atoms with Crippen molar-refractivity contribution in [3.63, 3.8) is 0 Å². The molecule has 0 radical (unpaired) electrons. The van der Waals surface area contributed by atoms with Gasteiger partial charge in [0.15, 0.2) is 0 Å². The van der Waals surface area contributed by atoms with Crippen molar-refractivity contribution in [3.8, 4) is 0 Å². The Bertz CT molecular complexity index is 249. The fraction of sp³-hybridized carbons (Fsp3) is 0.700. The van der Waals surface area contributed by atoms with E-state index in [0.29, 0.717) is 0 Å². The lowest BCUT2D eigenvalue weighted by Gasteiger charge is -2.43. The Morgan fingerprint density at radius 1 is 1.25 bits per heavy atom. The molecule has 0 atom stereocenters. The number of nitrogens with zero attached hydrogens (tertiary/aromatic N) is 1. The van der Waals surface area contributed by atoms with E-state index in [0.717, 1.165) is 5.04 Å². The summed E-state index contributed by atoms with van der Waals surface area (Å²) in [6.45, 7) is 14.9. The van der Waals surface area contributed by atoms with Crippen LogP contribution in [-0.4, -0.2) is 10.6 Å². The molecular weight excluding hydrogens is 166 g/mol. The molecule has 0 fully saturated rings. The smallest absolute Gasteiger partial charge is 0.0696 e. The molecule has 0 N–H and O–H groups in total. The van der Waals surface area contributed by atoms with Crippen molar-refractivity contribution in [2.45, 2.75) is 40.2 Å². The van der Waals surface area contributed by atoms with Crippen LogP contribution in [0.15, 0.2) is 16.5 Å². The molecule has 0 amide bonds. The van der Waals surface area contributed by atoms with Crippen molar-refractivity contribution in [3.05, 3.63) is 11.5 Å². The molecule has 1 aliphatic rings. The molecule has 0 aromatic rings. The molecule has 1 nitrogen and oxygen atoms in total. The first-order valence-corrected chi connectivity index (χ1v) is 5.03. The Morgan fingerprint density at radius 3 is 2.17 bits per heavy atom. The van der Waals surface area contributed by atoms with Crippen molar-refractivity contribution < 1.29 is 0 Å². The Morgan fingerprint density at radius 2 is 1.75 bits per heavy atom. The van der Waals surface area contributed by atoms with Gasteiger partial charge in [0.2, 0.25) is 0 Å². The zero-order valence-electron chi connectivity index (χ0n) is 8.56. The molecule has 2 heteroatoms. The zero-order valence-corrected chi connectivity index (χ0v) is 9.38. The summed E-state index contributed by atoms with van der Waals surface area (Å²) in [6.07, 6.45) is 0. The van der Waals surface area contributed by atoms with Crippen LogP contribution in [0.25, 0.3) is 0 Å². The highest BCUT2D eigenvalue weighted by Gasteiger charge is 2.42. The van der Waals surface area contributed by atoms with Gasteiger partial charge in [-0.2, -0.15) is 0 Å². The van der Waals surface area contributed by atoms with Crippen LogP contribution in [0.5, 0.6) is 0 Å². The molecule has 12 heavy (non-hydrogen) atoms. The second kappa shape index (κ2) is 2.63. The molecular formula is C10H17NS. The number of hydrogen-bond acceptors (Lipinski definition) is 2. The third-order valence-corrected chi connectivity index (χ3v) is 4.08. The Kier molecular flexibility index (Phi) is 2.15. The van der Waals surface area contributed by atoms with Crippen LogP contribution < -0.4 is 0 Å². The molecule has 1 rings (SSSR count). The summed E-state index contributed by atoms with van der Waals surface area (Å²) in [4.78, 5) is 5.86. The predicted octanol–water partition coefficient (Wildman–Crippen LogP) is 3.47. The van der Waals surface area contributed by atoms with Crippen LogP contribution in [-0.2, 0) is 0 Å². The lowest BCUT2D eigenvalue weighted by Crippen LogP contribution is -2.41. The van der Waals surface area contributed by atoms with Crippen molar-refractivity contribution >= 4 is 16.8 Å². The summed E-state index contributed by atoms with van der Waals surface area (Å²) in [5.41, 5.74) is 0.0800. The van der Waals surface area contributed by atoms with E-state index in [1.54, 1.807) is 11.8 Å². The highest BCUT2D eigenvalue weighted by Crippen LogP contribution is 2.48. The van der Waals surface area contributed by atoms with E-state index in [1.807, 2.05) is 6.92 Å². The first-order valence-electron chi connectivity index (χ1n) is 4.21. The number of thioether (sulfide) groups is 1. The average molecular weight is 183 g/mol. The van der Waals surface area contributed by atoms with Gasteiger partial charge < -0.3 is 0 Å². The number of hydrogen-bond donors (Lipinski definition) is 0. The van der Waals surface area contributed by atoms with Gasteiger partial charge in [0.05, 0.1) is 10.6 Å². The van der Waals surface area contributed by atoms with Gasteiger partial charge in [0.1, 0.15) is 0 Å². The van der Waals surface area contributed by atoms with E-state index in [1.165, 1.54) is 4.91 Å². The van der Waals surface area contributed by atoms with Gasteiger partial charge >= 0.3 is 0 Å². The van der Waals surface area contributed by atoms with Crippen LogP contribution in [0.4, 0.5) is 0 Å². The molecule has 0 saturated carbocycles. The van der Waals surface area contributed by atoms with Crippen LogP contribution in [0.3, 0.4) is 0 Å². The molecule has 1 aliphatic heterocycles. The topological polar surface area (TPSA) is 12.4 Å². The fourth-order valence-electron chi connectivity index (χ4n) is 1.20. The van der Waals surface area contributed by atoms with Crippen molar-refractivity contribution in [2.24, 2.45) is 10.4 Å². The maximum absolute atomic E-state index is 4.64. The molecule has 0 aliphatic carbocycles. The van der Waals surface area contributed by atoms with E-state index < -0.39 is 0 Å². The van der Waals surface area contributed by atoms with Crippen LogP contribution in [0.1, 0.15) is 34.6 Å². The van der Waals surface area contributed by atoms with Gasteiger partial charge in [-0.1, -0.05) is 32.2 Å². The minimum atomic E-state index is -0.0145. The van der Waals surface area contributed by atoms with E-state index in [4.69, 9.17) is 0 Å².